The molecule has 6 aliphatic rings. The molecule has 11 unspecified atom stereocenters. The van der Waals surface area contributed by atoms with Crippen molar-refractivity contribution < 1.29 is 173 Å². The fourth-order valence-corrected chi connectivity index (χ4v) is 12.1. The monoisotopic (exact) mass is 1280 g/mol. The van der Waals surface area contributed by atoms with Crippen molar-refractivity contribution in [3.8, 4) is 0 Å². The van der Waals surface area contributed by atoms with E-state index in [1.54, 1.807) is 0 Å². The molecule has 5 fully saturated rings. The zero-order valence-corrected chi connectivity index (χ0v) is 47.2. The Balaban J connectivity index is 1.08. The number of aliphatic carboxylic acids is 2. The molecule has 0 saturated carbocycles. The first-order valence-electron chi connectivity index (χ1n) is 26.9. The van der Waals surface area contributed by atoms with Gasteiger partial charge in [0, 0.05) is 36.2 Å². The molecule has 5 saturated heterocycles. The lowest BCUT2D eigenvalue weighted by Gasteiger charge is -2.45. The first kappa shape index (κ1) is 71.4. The van der Waals surface area contributed by atoms with E-state index in [0.29, 0.717) is 0 Å². The molecule has 38 heteroatoms. The number of aliphatic hydroxyl groups excluding tert-OH is 13. The number of carboxylic acid groups (broad SMARTS) is 2. The van der Waals surface area contributed by atoms with Gasteiger partial charge in [-0.05, 0) is 26.3 Å². The molecule has 0 aliphatic carbocycles. The highest BCUT2D eigenvalue weighted by Gasteiger charge is 2.52. The molecule has 28 atom stereocenters. The predicted molar refractivity (Wildman–Crippen MR) is 268 cm³/mol. The van der Waals surface area contributed by atoms with E-state index in [9.17, 15) is 108 Å². The Morgan fingerprint density at radius 1 is 0.459 bits per heavy atom. The maximum absolute atomic E-state index is 12.7. The first-order valence-corrected chi connectivity index (χ1v) is 29.6. The molecule has 0 spiro atoms. The highest BCUT2D eigenvalue weighted by Crippen LogP contribution is 2.37. The van der Waals surface area contributed by atoms with Gasteiger partial charge in [-0.15, -0.1) is 0 Å². The molecule has 6 rings (SSSR count). The van der Waals surface area contributed by atoms with Crippen molar-refractivity contribution in [3.05, 3.63) is 11.8 Å². The molecule has 0 bridgehead atoms. The van der Waals surface area contributed by atoms with Crippen LogP contribution in [-0.4, -0.2) is 334 Å². The third kappa shape index (κ3) is 18.5. The number of hydrogen-bond acceptors (Lipinski definition) is 32. The Bertz CT molecular complexity index is 2370. The van der Waals surface area contributed by atoms with Crippen LogP contribution in [0.15, 0.2) is 11.8 Å². The van der Waals surface area contributed by atoms with Gasteiger partial charge in [0.25, 0.3) is 0 Å². The molecule has 494 valence electrons. The molecular weight excluding hydrogens is 1200 g/mol. The average molecular weight is 1280 g/mol. The fourth-order valence-electron chi connectivity index (χ4n) is 11.1. The lowest BCUT2D eigenvalue weighted by molar-refractivity contribution is -0.275. The van der Waals surface area contributed by atoms with Crippen molar-refractivity contribution in [1.82, 2.24) is 0 Å². The molecule has 6 aliphatic heterocycles. The van der Waals surface area contributed by atoms with Crippen LogP contribution in [-0.2, 0) is 90.9 Å². The molecule has 0 radical (unpaired) electrons. The lowest BCUT2D eigenvalue weighted by atomic mass is 9.79. The summed E-state index contributed by atoms with van der Waals surface area (Å²) in [5.41, 5.74) is 0. The molecule has 0 amide bonds. The van der Waals surface area contributed by atoms with Crippen LogP contribution >= 0.6 is 0 Å². The van der Waals surface area contributed by atoms with E-state index in [4.69, 9.17) is 56.7 Å². The van der Waals surface area contributed by atoms with Gasteiger partial charge in [-0.25, -0.2) is 18.0 Å². The second-order valence-corrected chi connectivity index (χ2v) is 23.6. The van der Waals surface area contributed by atoms with Crippen LogP contribution in [0.5, 0.6) is 0 Å². The van der Waals surface area contributed by atoms with Gasteiger partial charge in [-0.2, -0.15) is 16.8 Å². The Hall–Kier alpha value is -2.70. The number of carboxylic acids is 2. The van der Waals surface area contributed by atoms with Crippen LogP contribution in [0.2, 0.25) is 0 Å². The Labute approximate surface area is 485 Å². The highest BCUT2D eigenvalue weighted by molar-refractivity contribution is 7.81. The van der Waals surface area contributed by atoms with Gasteiger partial charge < -0.3 is 129 Å². The second kappa shape index (κ2) is 31.4. The van der Waals surface area contributed by atoms with Crippen molar-refractivity contribution in [3.63, 3.8) is 0 Å². The standard InChI is InChI=1S/C47H78O36S2/c1-17-33(51)43(82-84(65,66)67)40(58)31(76-17)15-73-9-21-20(8-72-13-29-38(56)24(50)5-25(78-29)45(60)61)28(79-26(6-48)35(21)53)12-71-4-3-19-37(55)39(57)30(80-42(19)46(62)63)14-75-11-23-22(36(54)27(7-49)81-47(23)64)10-74-16-32-41(59)44(83-85(68,69)70)34(52)18(2)77-32/h5,17-24,26-44,47-59,64H,3-4,6-16H2,1-2H3,(H,60,61)(H,62,63)(H,65,66,67)(H,68,69,70)/t17?,18?,19-,20?,21-,22-,23?,24+,26?,27?,28+,29-,30-,31-,32-,33+,34+,35-,36-,37+,38?,39?,40?,41?,42?,43-,44-,47+/m0/s1. The summed E-state index contributed by atoms with van der Waals surface area (Å²) in [5, 5.41) is 159. The maximum Gasteiger partial charge on any atom is 0.397 e. The number of ether oxygens (including phenoxy) is 11. The normalized spacial score (nSPS) is 43.0. The van der Waals surface area contributed by atoms with Crippen molar-refractivity contribution >= 4 is 32.7 Å². The van der Waals surface area contributed by atoms with Gasteiger partial charge in [0.05, 0.1) is 109 Å². The minimum Gasteiger partial charge on any atom is -0.479 e. The summed E-state index contributed by atoms with van der Waals surface area (Å²) < 4.78 is 136. The Morgan fingerprint density at radius 2 is 0.894 bits per heavy atom. The molecule has 85 heavy (non-hydrogen) atoms. The number of carbonyl (C=O) groups is 2. The number of aliphatic hydroxyl groups is 13. The SMILES string of the molecule is CC1O[C@@H](COC[C@H]2C(COC[C@@H]3OC(C(=O)O)[C@@H](CCOC[C@H]4OC(CO)[C@@H](O)[C@@H](COC[C@@H]5OC(C)[C@@H](O)[C@H](OS(=O)(=O)O)C5O)C4COC[C@@H]4OC(C(=O)O)=C[C@@H](O)C4O)[C@@H](O)C3O)[C@H](O)OC(CO)[C@H]2O)C(O)[C@@H](OS(=O)(=O)O)[C@@H]1O. The van der Waals surface area contributed by atoms with Crippen molar-refractivity contribution in [2.45, 2.75) is 161 Å². The average Bonchev–Trinajstić information content (AvgIpc) is 3.17. The van der Waals surface area contributed by atoms with Gasteiger partial charge in [0.2, 0.25) is 5.76 Å². The maximum atomic E-state index is 12.7. The highest BCUT2D eigenvalue weighted by atomic mass is 32.3. The summed E-state index contributed by atoms with van der Waals surface area (Å²) >= 11 is 0. The lowest BCUT2D eigenvalue weighted by Crippen LogP contribution is -2.59. The minimum atomic E-state index is -5.18. The third-order valence-electron chi connectivity index (χ3n) is 15.8. The van der Waals surface area contributed by atoms with Gasteiger partial charge >= 0.3 is 32.7 Å². The summed E-state index contributed by atoms with van der Waals surface area (Å²) in [4.78, 5) is 24.3. The van der Waals surface area contributed by atoms with E-state index >= 15 is 0 Å². The fraction of sp³-hybridized carbons (Fsp3) is 0.915. The third-order valence-corrected chi connectivity index (χ3v) is 16.8. The molecular formula is C47H78O36S2. The molecule has 0 aromatic rings. The molecule has 0 aromatic carbocycles. The molecule has 6 heterocycles. The van der Waals surface area contributed by atoms with E-state index in [-0.39, 0.29) is 13.0 Å². The van der Waals surface area contributed by atoms with E-state index < -0.39 is 281 Å². The van der Waals surface area contributed by atoms with Gasteiger partial charge in [-0.1, -0.05) is 0 Å². The second-order valence-electron chi connectivity index (χ2n) is 21.5. The van der Waals surface area contributed by atoms with Crippen LogP contribution in [0, 0.1) is 29.6 Å². The Kier molecular flexibility index (Phi) is 26.3. The number of rotatable bonds is 29. The largest absolute Gasteiger partial charge is 0.479 e. The quantitative estimate of drug-likeness (QED) is 0.0244. The van der Waals surface area contributed by atoms with Crippen LogP contribution in [0.25, 0.3) is 0 Å². The van der Waals surface area contributed by atoms with Gasteiger partial charge in [0.1, 0.15) is 85.5 Å². The van der Waals surface area contributed by atoms with Crippen molar-refractivity contribution in [1.29, 1.82) is 0 Å². The number of hydrogen-bond donors (Lipinski definition) is 17. The summed E-state index contributed by atoms with van der Waals surface area (Å²) in [6.07, 6.45) is -36.1. The summed E-state index contributed by atoms with van der Waals surface area (Å²) in [7, 11) is -10.3. The minimum absolute atomic E-state index is 0.319. The molecule has 0 aromatic heterocycles. The van der Waals surface area contributed by atoms with E-state index in [0.717, 1.165) is 6.08 Å². The van der Waals surface area contributed by atoms with Crippen molar-refractivity contribution in [2.75, 3.05) is 79.3 Å². The smallest absolute Gasteiger partial charge is 0.397 e. The van der Waals surface area contributed by atoms with Crippen LogP contribution < -0.4 is 0 Å². The zero-order valence-electron chi connectivity index (χ0n) is 45.6. The van der Waals surface area contributed by atoms with E-state index in [2.05, 4.69) is 8.37 Å². The zero-order chi connectivity index (χ0) is 63.0. The van der Waals surface area contributed by atoms with Crippen LogP contribution in [0.4, 0.5) is 0 Å². The summed E-state index contributed by atoms with van der Waals surface area (Å²) in [5.74, 6) is -9.68. The van der Waals surface area contributed by atoms with Gasteiger partial charge in [0.15, 0.2) is 18.5 Å². The van der Waals surface area contributed by atoms with Crippen LogP contribution in [0.1, 0.15) is 20.3 Å². The van der Waals surface area contributed by atoms with E-state index in [1.807, 2.05) is 0 Å². The first-order chi connectivity index (χ1) is 39.9. The molecule has 17 N–H and O–H groups in total. The molecule has 36 nitrogen and oxygen atoms in total. The van der Waals surface area contributed by atoms with Gasteiger partial charge in [-0.3, -0.25) is 9.11 Å². The Morgan fingerprint density at radius 3 is 1.36 bits per heavy atom. The topological polar surface area (TPSA) is 566 Å². The summed E-state index contributed by atoms with van der Waals surface area (Å²) in [6, 6.07) is 0. The van der Waals surface area contributed by atoms with Crippen LogP contribution in [0.3, 0.4) is 0 Å². The van der Waals surface area contributed by atoms with E-state index in [1.165, 1.54) is 13.8 Å². The predicted octanol–water partition coefficient (Wildman–Crippen LogP) is -9.21. The van der Waals surface area contributed by atoms with Crippen molar-refractivity contribution in [2.24, 2.45) is 29.6 Å². The summed E-state index contributed by atoms with van der Waals surface area (Å²) in [6.45, 7) is -3.92.